The molecule has 2 aliphatic rings. The van der Waals surface area contributed by atoms with Crippen LogP contribution < -0.4 is 4.74 Å². The summed E-state index contributed by atoms with van der Waals surface area (Å²) < 4.78 is 25.4. The van der Waals surface area contributed by atoms with Crippen LogP contribution in [0.15, 0.2) is 48.0 Å². The Morgan fingerprint density at radius 3 is 2.77 bits per heavy atom. The second-order valence-corrected chi connectivity index (χ2v) is 7.46. The summed E-state index contributed by atoms with van der Waals surface area (Å²) >= 11 is 0. The fourth-order valence-corrected chi connectivity index (χ4v) is 4.05. The predicted molar refractivity (Wildman–Crippen MR) is 108 cm³/mol. The molecule has 7 heteroatoms. The Hall–Kier alpha value is -3.19. The summed E-state index contributed by atoms with van der Waals surface area (Å²) in [6.45, 7) is 2.21. The lowest BCUT2D eigenvalue weighted by atomic mass is 9.94. The molecule has 156 valence electrons. The summed E-state index contributed by atoms with van der Waals surface area (Å²) in [5.74, 6) is -1.80. The van der Waals surface area contributed by atoms with Crippen LogP contribution >= 0.6 is 0 Å². The zero-order valence-corrected chi connectivity index (χ0v) is 16.7. The fourth-order valence-electron chi connectivity index (χ4n) is 4.05. The molecule has 0 aromatic heterocycles. The van der Waals surface area contributed by atoms with Crippen molar-refractivity contribution in [1.29, 1.82) is 0 Å². The molecule has 0 saturated carbocycles. The summed E-state index contributed by atoms with van der Waals surface area (Å²) in [4.78, 5) is 26.8. The van der Waals surface area contributed by atoms with Crippen LogP contribution in [0.1, 0.15) is 29.7 Å². The number of Topliss-reactive ketones (excluding diaryl/α,β-unsaturated/α-hetero) is 1. The van der Waals surface area contributed by atoms with Gasteiger partial charge in [-0.25, -0.2) is 4.39 Å². The topological polar surface area (TPSA) is 76.1 Å². The van der Waals surface area contributed by atoms with Crippen LogP contribution in [-0.4, -0.2) is 48.1 Å². The van der Waals surface area contributed by atoms with Crippen molar-refractivity contribution < 1.29 is 28.6 Å². The zero-order valence-electron chi connectivity index (χ0n) is 16.7. The molecule has 1 fully saturated rings. The van der Waals surface area contributed by atoms with Crippen LogP contribution in [0.3, 0.4) is 0 Å². The highest BCUT2D eigenvalue weighted by Crippen LogP contribution is 2.41. The third-order valence-corrected chi connectivity index (χ3v) is 5.45. The van der Waals surface area contributed by atoms with E-state index >= 15 is 0 Å². The number of amides is 1. The highest BCUT2D eigenvalue weighted by molar-refractivity contribution is 6.46. The van der Waals surface area contributed by atoms with E-state index in [-0.39, 0.29) is 36.2 Å². The van der Waals surface area contributed by atoms with Crippen LogP contribution in [0, 0.1) is 5.82 Å². The number of hydrogen-bond donors (Lipinski definition) is 1. The Bertz CT molecular complexity index is 1050. The fraction of sp³-hybridized carbons (Fsp3) is 0.304. The van der Waals surface area contributed by atoms with E-state index in [0.717, 1.165) is 11.3 Å². The minimum Gasteiger partial charge on any atom is -0.507 e. The van der Waals surface area contributed by atoms with Crippen molar-refractivity contribution in [3.05, 3.63) is 70.5 Å². The lowest BCUT2D eigenvalue weighted by Crippen LogP contribution is -2.33. The number of fused-ring (bicyclic) bond motifs is 1. The number of carbonyl (C=O) groups is 2. The summed E-state index contributed by atoms with van der Waals surface area (Å²) in [6, 6.07) is 10.0. The van der Waals surface area contributed by atoms with Gasteiger partial charge in [0.05, 0.1) is 18.2 Å². The lowest BCUT2D eigenvalue weighted by Gasteiger charge is -2.25. The van der Waals surface area contributed by atoms with Crippen LogP contribution in [0.4, 0.5) is 4.39 Å². The third kappa shape index (κ3) is 3.35. The second kappa shape index (κ2) is 7.91. The van der Waals surface area contributed by atoms with Gasteiger partial charge in [0.2, 0.25) is 0 Å². The molecule has 2 aliphatic heterocycles. The van der Waals surface area contributed by atoms with Gasteiger partial charge in [-0.3, -0.25) is 9.59 Å². The number of hydrogen-bond acceptors (Lipinski definition) is 5. The SMILES string of the molecule is COCCN1C(=O)C(=O)C(=C(O)c2ccc3c(c2)C[C@@H](C)O3)[C@H]1c1ccccc1F. The molecule has 1 N–H and O–H groups in total. The number of benzene rings is 2. The van der Waals surface area contributed by atoms with Crippen LogP contribution in [-0.2, 0) is 20.7 Å². The molecule has 0 unspecified atom stereocenters. The lowest BCUT2D eigenvalue weighted by molar-refractivity contribution is -0.140. The quantitative estimate of drug-likeness (QED) is 0.465. The van der Waals surface area contributed by atoms with Gasteiger partial charge in [0.25, 0.3) is 11.7 Å². The maximum Gasteiger partial charge on any atom is 0.295 e. The maximum absolute atomic E-state index is 14.7. The Kier molecular flexibility index (Phi) is 5.30. The summed E-state index contributed by atoms with van der Waals surface area (Å²) in [5.41, 5.74) is 1.31. The van der Waals surface area contributed by atoms with Crippen molar-refractivity contribution in [3.8, 4) is 5.75 Å². The van der Waals surface area contributed by atoms with Gasteiger partial charge in [0.15, 0.2) is 0 Å². The van der Waals surface area contributed by atoms with E-state index in [1.165, 1.54) is 30.2 Å². The van der Waals surface area contributed by atoms with Crippen LogP contribution in [0.2, 0.25) is 0 Å². The standard InChI is InChI=1S/C23H22FNO5/c1-13-11-15-12-14(7-8-18(15)30-13)21(26)19-20(16-5-3-4-6-17(16)24)25(9-10-29-2)23(28)22(19)27/h3-8,12-13,20,26H,9-11H2,1-2H3/t13-,20-/m1/s1. The predicted octanol–water partition coefficient (Wildman–Crippen LogP) is 3.22. The highest BCUT2D eigenvalue weighted by atomic mass is 19.1. The normalized spacial score (nSPS) is 22.3. The first-order chi connectivity index (χ1) is 14.4. The van der Waals surface area contributed by atoms with E-state index in [0.29, 0.717) is 12.0 Å². The number of rotatable bonds is 5. The van der Waals surface area contributed by atoms with Crippen molar-refractivity contribution in [1.82, 2.24) is 4.90 Å². The van der Waals surface area contributed by atoms with Gasteiger partial charge >= 0.3 is 0 Å². The number of aliphatic hydroxyl groups is 1. The number of likely N-dealkylation sites (tertiary alicyclic amines) is 1. The summed E-state index contributed by atoms with van der Waals surface area (Å²) in [5, 5.41) is 11.1. The highest BCUT2D eigenvalue weighted by Gasteiger charge is 2.46. The van der Waals surface area contributed by atoms with Gasteiger partial charge in [-0.05, 0) is 36.8 Å². The molecule has 0 bridgehead atoms. The van der Waals surface area contributed by atoms with Gasteiger partial charge in [-0.1, -0.05) is 18.2 Å². The molecule has 1 amide bonds. The van der Waals surface area contributed by atoms with Crippen molar-refractivity contribution in [2.24, 2.45) is 0 Å². The Morgan fingerprint density at radius 2 is 2.03 bits per heavy atom. The largest absolute Gasteiger partial charge is 0.507 e. The molecule has 0 radical (unpaired) electrons. The number of nitrogens with zero attached hydrogens (tertiary/aromatic N) is 1. The maximum atomic E-state index is 14.7. The summed E-state index contributed by atoms with van der Waals surface area (Å²) in [7, 11) is 1.47. The van der Waals surface area contributed by atoms with E-state index in [9.17, 15) is 19.1 Å². The summed E-state index contributed by atoms with van der Waals surface area (Å²) in [6.07, 6.45) is 0.700. The number of halogens is 1. The molecule has 2 atom stereocenters. The molecule has 4 rings (SSSR count). The average molecular weight is 411 g/mol. The Labute approximate surface area is 173 Å². The molecule has 0 aliphatic carbocycles. The average Bonchev–Trinajstić information content (AvgIpc) is 3.22. The molecular formula is C23H22FNO5. The smallest absolute Gasteiger partial charge is 0.295 e. The number of carbonyl (C=O) groups excluding carboxylic acids is 2. The molecule has 2 aromatic rings. The molecule has 30 heavy (non-hydrogen) atoms. The van der Waals surface area contributed by atoms with Crippen LogP contribution in [0.25, 0.3) is 5.76 Å². The number of ether oxygens (including phenoxy) is 2. The number of ketones is 1. The van der Waals surface area contributed by atoms with Crippen LogP contribution in [0.5, 0.6) is 5.75 Å². The zero-order chi connectivity index (χ0) is 21.4. The Balaban J connectivity index is 1.85. The van der Waals surface area contributed by atoms with E-state index in [1.54, 1.807) is 24.3 Å². The van der Waals surface area contributed by atoms with Gasteiger partial charge in [-0.15, -0.1) is 0 Å². The first kappa shape index (κ1) is 20.1. The van der Waals surface area contributed by atoms with Gasteiger partial charge in [0, 0.05) is 31.2 Å². The third-order valence-electron chi connectivity index (χ3n) is 5.45. The molecule has 2 aromatic carbocycles. The van der Waals surface area contributed by atoms with Crippen molar-refractivity contribution in [2.45, 2.75) is 25.5 Å². The minimum absolute atomic E-state index is 0.0236. The molecule has 2 heterocycles. The first-order valence-corrected chi connectivity index (χ1v) is 9.74. The monoisotopic (exact) mass is 411 g/mol. The molecule has 1 saturated heterocycles. The van der Waals surface area contributed by atoms with E-state index in [2.05, 4.69) is 0 Å². The molecular weight excluding hydrogens is 389 g/mol. The van der Waals surface area contributed by atoms with Crippen molar-refractivity contribution in [3.63, 3.8) is 0 Å². The van der Waals surface area contributed by atoms with Gasteiger partial charge in [0.1, 0.15) is 23.4 Å². The number of aliphatic hydroxyl groups excluding tert-OH is 1. The van der Waals surface area contributed by atoms with E-state index in [4.69, 9.17) is 9.47 Å². The van der Waals surface area contributed by atoms with Gasteiger partial charge in [-0.2, -0.15) is 0 Å². The first-order valence-electron chi connectivity index (χ1n) is 9.74. The van der Waals surface area contributed by atoms with Crippen molar-refractivity contribution >= 4 is 17.4 Å². The van der Waals surface area contributed by atoms with E-state index < -0.39 is 23.5 Å². The number of methoxy groups -OCH3 is 1. The molecule has 6 nitrogen and oxygen atoms in total. The van der Waals surface area contributed by atoms with Crippen molar-refractivity contribution in [2.75, 3.05) is 20.3 Å². The second-order valence-electron chi connectivity index (χ2n) is 7.46. The minimum atomic E-state index is -1.04. The molecule has 0 spiro atoms. The van der Waals surface area contributed by atoms with E-state index in [1.807, 2.05) is 6.92 Å². The Morgan fingerprint density at radius 1 is 1.27 bits per heavy atom. The van der Waals surface area contributed by atoms with Gasteiger partial charge < -0.3 is 19.5 Å².